The number of hydrogen-bond donors (Lipinski definition) is 3. The molecule has 8 nitrogen and oxygen atoms in total. The van der Waals surface area contributed by atoms with Gasteiger partial charge in [-0.15, -0.1) is 11.3 Å². The first kappa shape index (κ1) is 16.9. The Bertz CT molecular complexity index is 1120. The summed E-state index contributed by atoms with van der Waals surface area (Å²) in [4.78, 5) is 24.5. The number of H-pyrrole nitrogens is 1. The van der Waals surface area contributed by atoms with Crippen LogP contribution >= 0.6 is 11.3 Å². The summed E-state index contributed by atoms with van der Waals surface area (Å²) in [6.45, 7) is 1.90. The zero-order valence-corrected chi connectivity index (χ0v) is 15.1. The van der Waals surface area contributed by atoms with Crippen LogP contribution in [-0.2, 0) is 0 Å². The number of nitrogens with two attached hydrogens (primary N) is 1. The second-order valence-corrected chi connectivity index (χ2v) is 6.65. The smallest absolute Gasteiger partial charge is 0.248 e. The van der Waals surface area contributed by atoms with Gasteiger partial charge in [-0.1, -0.05) is 12.1 Å². The highest BCUT2D eigenvalue weighted by Crippen LogP contribution is 2.33. The second-order valence-electron chi connectivity index (χ2n) is 5.79. The van der Waals surface area contributed by atoms with Crippen molar-refractivity contribution in [2.75, 3.05) is 5.32 Å². The zero-order valence-electron chi connectivity index (χ0n) is 14.3. The van der Waals surface area contributed by atoms with Crippen molar-refractivity contribution in [1.29, 1.82) is 0 Å². The number of thiazole rings is 1. The highest BCUT2D eigenvalue weighted by molar-refractivity contribution is 7.14. The SMILES string of the molecule is Cc1ccnc(Nc2nc(-c3cn[nH]c3-c3cccc(C(N)=O)c3)cs2)n1. The van der Waals surface area contributed by atoms with E-state index < -0.39 is 5.91 Å². The second kappa shape index (κ2) is 6.96. The van der Waals surface area contributed by atoms with Crippen LogP contribution in [0.1, 0.15) is 16.1 Å². The van der Waals surface area contributed by atoms with Crippen LogP contribution in [0.2, 0.25) is 0 Å². The highest BCUT2D eigenvalue weighted by atomic mass is 32.1. The number of aromatic amines is 1. The van der Waals surface area contributed by atoms with Crippen molar-refractivity contribution in [2.24, 2.45) is 5.73 Å². The molecule has 0 saturated carbocycles. The first-order chi connectivity index (χ1) is 13.1. The maximum atomic E-state index is 11.4. The van der Waals surface area contributed by atoms with E-state index in [-0.39, 0.29) is 0 Å². The largest absolute Gasteiger partial charge is 0.366 e. The molecule has 0 aliphatic heterocycles. The molecule has 3 aromatic heterocycles. The van der Waals surface area contributed by atoms with Crippen LogP contribution in [-0.4, -0.2) is 31.1 Å². The Hall–Kier alpha value is -3.59. The average Bonchev–Trinajstić information content (AvgIpc) is 3.31. The van der Waals surface area contributed by atoms with E-state index >= 15 is 0 Å². The van der Waals surface area contributed by atoms with E-state index in [0.717, 1.165) is 28.2 Å². The Morgan fingerprint density at radius 1 is 1.26 bits per heavy atom. The Morgan fingerprint density at radius 3 is 2.96 bits per heavy atom. The highest BCUT2D eigenvalue weighted by Gasteiger charge is 2.14. The summed E-state index contributed by atoms with van der Waals surface area (Å²) in [5.74, 6) is 0.0219. The van der Waals surface area contributed by atoms with E-state index in [1.807, 2.05) is 24.4 Å². The summed E-state index contributed by atoms with van der Waals surface area (Å²) in [6.07, 6.45) is 3.40. The van der Waals surface area contributed by atoms with E-state index in [9.17, 15) is 4.79 Å². The topological polar surface area (TPSA) is 122 Å². The molecule has 1 aromatic carbocycles. The normalized spacial score (nSPS) is 10.7. The minimum atomic E-state index is -0.476. The first-order valence-corrected chi connectivity index (χ1v) is 8.94. The third-order valence-corrected chi connectivity index (χ3v) is 4.63. The number of rotatable bonds is 5. The van der Waals surface area contributed by atoms with Crippen molar-refractivity contribution in [2.45, 2.75) is 6.92 Å². The van der Waals surface area contributed by atoms with Gasteiger partial charge in [0.05, 0.1) is 17.6 Å². The van der Waals surface area contributed by atoms with E-state index in [1.165, 1.54) is 11.3 Å². The number of amides is 1. The molecule has 0 fully saturated rings. The lowest BCUT2D eigenvalue weighted by Crippen LogP contribution is -2.10. The molecule has 0 aliphatic carbocycles. The van der Waals surface area contributed by atoms with Gasteiger partial charge in [0.25, 0.3) is 0 Å². The third-order valence-electron chi connectivity index (χ3n) is 3.87. The first-order valence-electron chi connectivity index (χ1n) is 8.06. The molecule has 4 rings (SSSR count). The third kappa shape index (κ3) is 3.53. The van der Waals surface area contributed by atoms with Crippen molar-refractivity contribution >= 4 is 28.3 Å². The summed E-state index contributed by atoms with van der Waals surface area (Å²) in [5.41, 5.74) is 9.84. The van der Waals surface area contributed by atoms with E-state index in [0.29, 0.717) is 16.6 Å². The maximum absolute atomic E-state index is 11.4. The number of carbonyl (C=O) groups excluding carboxylic acids is 1. The fourth-order valence-corrected chi connectivity index (χ4v) is 3.29. The van der Waals surface area contributed by atoms with Crippen LogP contribution in [0.3, 0.4) is 0 Å². The van der Waals surface area contributed by atoms with Crippen LogP contribution in [0.4, 0.5) is 11.1 Å². The lowest BCUT2D eigenvalue weighted by Gasteiger charge is -2.03. The minimum absolute atomic E-state index is 0.435. The molecule has 27 heavy (non-hydrogen) atoms. The Morgan fingerprint density at radius 2 is 2.15 bits per heavy atom. The Labute approximate surface area is 158 Å². The summed E-state index contributed by atoms with van der Waals surface area (Å²) in [6, 6.07) is 8.90. The molecule has 0 saturated heterocycles. The van der Waals surface area contributed by atoms with Crippen LogP contribution in [0.15, 0.2) is 48.1 Å². The van der Waals surface area contributed by atoms with Crippen LogP contribution in [0.25, 0.3) is 22.5 Å². The lowest BCUT2D eigenvalue weighted by atomic mass is 10.0. The summed E-state index contributed by atoms with van der Waals surface area (Å²) < 4.78 is 0. The van der Waals surface area contributed by atoms with Crippen molar-refractivity contribution in [1.82, 2.24) is 25.1 Å². The standard InChI is InChI=1S/C18H15N7OS/c1-10-5-6-20-17(22-10)24-18-23-14(9-27-18)13-8-21-25-15(13)11-3-2-4-12(7-11)16(19)26/h2-9H,1H3,(H2,19,26)(H,21,25)(H,20,22,23,24). The van der Waals surface area contributed by atoms with Crippen molar-refractivity contribution in [3.8, 4) is 22.5 Å². The van der Waals surface area contributed by atoms with E-state index in [4.69, 9.17) is 5.73 Å². The molecule has 3 heterocycles. The number of hydrogen-bond acceptors (Lipinski definition) is 7. The number of nitrogens with zero attached hydrogens (tertiary/aromatic N) is 4. The van der Waals surface area contributed by atoms with Gasteiger partial charge in [-0.25, -0.2) is 15.0 Å². The Balaban J connectivity index is 1.64. The van der Waals surface area contributed by atoms with Crippen LogP contribution in [0.5, 0.6) is 0 Å². The minimum Gasteiger partial charge on any atom is -0.366 e. The molecule has 0 radical (unpaired) electrons. The van der Waals surface area contributed by atoms with Crippen molar-refractivity contribution in [3.63, 3.8) is 0 Å². The number of aryl methyl sites for hydroxylation is 1. The van der Waals surface area contributed by atoms with Gasteiger partial charge in [0.2, 0.25) is 11.9 Å². The zero-order chi connectivity index (χ0) is 18.8. The fourth-order valence-electron chi connectivity index (χ4n) is 2.59. The summed E-state index contributed by atoms with van der Waals surface area (Å²) in [5, 5.41) is 12.8. The van der Waals surface area contributed by atoms with Gasteiger partial charge in [0, 0.05) is 34.0 Å². The maximum Gasteiger partial charge on any atom is 0.248 e. The van der Waals surface area contributed by atoms with Crippen molar-refractivity contribution < 1.29 is 4.79 Å². The molecule has 134 valence electrons. The number of aromatic nitrogens is 5. The average molecular weight is 377 g/mol. The predicted octanol–water partition coefficient (Wildman–Crippen LogP) is 3.14. The molecule has 0 bridgehead atoms. The van der Waals surface area contributed by atoms with Crippen molar-refractivity contribution in [3.05, 3.63) is 59.4 Å². The van der Waals surface area contributed by atoms with Gasteiger partial charge in [0.1, 0.15) is 0 Å². The summed E-state index contributed by atoms with van der Waals surface area (Å²) in [7, 11) is 0. The van der Waals surface area contributed by atoms with E-state index in [1.54, 1.807) is 30.6 Å². The number of primary amides is 1. The van der Waals surface area contributed by atoms with Gasteiger partial charge < -0.3 is 11.1 Å². The number of anilines is 2. The number of nitrogens with one attached hydrogen (secondary N) is 2. The Kier molecular flexibility index (Phi) is 4.35. The molecule has 0 spiro atoms. The summed E-state index contributed by atoms with van der Waals surface area (Å²) >= 11 is 1.44. The van der Waals surface area contributed by atoms with Gasteiger partial charge in [-0.05, 0) is 25.1 Å². The molecule has 0 atom stereocenters. The van der Waals surface area contributed by atoms with Crippen LogP contribution in [0, 0.1) is 6.92 Å². The van der Waals surface area contributed by atoms with Gasteiger partial charge in [-0.2, -0.15) is 5.10 Å². The van der Waals surface area contributed by atoms with Gasteiger partial charge in [-0.3, -0.25) is 9.89 Å². The van der Waals surface area contributed by atoms with Crippen LogP contribution < -0.4 is 11.1 Å². The lowest BCUT2D eigenvalue weighted by molar-refractivity contribution is 0.100. The van der Waals surface area contributed by atoms with Gasteiger partial charge in [0.15, 0.2) is 5.13 Å². The molecule has 0 unspecified atom stereocenters. The molecule has 0 aliphatic rings. The van der Waals surface area contributed by atoms with Gasteiger partial charge >= 0.3 is 0 Å². The molecule has 4 aromatic rings. The molecule has 9 heteroatoms. The molecular formula is C18H15N7OS. The number of carbonyl (C=O) groups is 1. The fraction of sp³-hybridized carbons (Fsp3) is 0.0556. The molecule has 4 N–H and O–H groups in total. The number of benzene rings is 1. The molecule has 1 amide bonds. The predicted molar refractivity (Wildman–Crippen MR) is 104 cm³/mol. The van der Waals surface area contributed by atoms with E-state index in [2.05, 4.69) is 30.5 Å². The monoisotopic (exact) mass is 377 g/mol. The quantitative estimate of drug-likeness (QED) is 0.491. The molecular weight excluding hydrogens is 362 g/mol.